The maximum atomic E-state index is 11.4. The van der Waals surface area contributed by atoms with Crippen LogP contribution in [0.1, 0.15) is 24.8 Å². The molecule has 19 heavy (non-hydrogen) atoms. The quantitative estimate of drug-likeness (QED) is 0.577. The van der Waals surface area contributed by atoms with Gasteiger partial charge in [0.05, 0.1) is 18.6 Å². The first-order valence-electron chi connectivity index (χ1n) is 5.66. The van der Waals surface area contributed by atoms with Gasteiger partial charge in [0.15, 0.2) is 0 Å². The molecule has 2 amide bonds. The van der Waals surface area contributed by atoms with Crippen molar-refractivity contribution in [1.29, 1.82) is 0 Å². The third-order valence-electron chi connectivity index (χ3n) is 2.27. The van der Waals surface area contributed by atoms with Gasteiger partial charge in [-0.3, -0.25) is 4.79 Å². The number of urea groups is 1. The highest BCUT2D eigenvalue weighted by Gasteiger charge is 2.24. The van der Waals surface area contributed by atoms with E-state index >= 15 is 0 Å². The summed E-state index contributed by atoms with van der Waals surface area (Å²) in [4.78, 5) is 21.9. The zero-order valence-electron chi connectivity index (χ0n) is 10.8. The van der Waals surface area contributed by atoms with Crippen LogP contribution in [0.5, 0.6) is 0 Å². The molecule has 0 spiro atoms. The Balaban J connectivity index is 2.30. The lowest BCUT2D eigenvalue weighted by atomic mass is 10.0. The number of carboxylic acid groups (broad SMARTS) is 1. The van der Waals surface area contributed by atoms with Crippen molar-refractivity contribution < 1.29 is 24.3 Å². The molecule has 1 aromatic rings. The number of amides is 2. The Kier molecular flexibility index (Phi) is 4.87. The molecule has 1 rings (SSSR count). The zero-order chi connectivity index (χ0) is 14.5. The first kappa shape index (κ1) is 15.0. The van der Waals surface area contributed by atoms with Gasteiger partial charge in [-0.1, -0.05) is 5.16 Å². The van der Waals surface area contributed by atoms with Crippen molar-refractivity contribution in [3.8, 4) is 0 Å². The van der Waals surface area contributed by atoms with E-state index in [1.165, 1.54) is 6.92 Å². The molecule has 8 nitrogen and oxygen atoms in total. The van der Waals surface area contributed by atoms with Crippen LogP contribution in [0, 0.1) is 6.92 Å². The summed E-state index contributed by atoms with van der Waals surface area (Å²) >= 11 is 0. The molecular weight excluding hydrogens is 254 g/mol. The van der Waals surface area contributed by atoms with Crippen LogP contribution in [0.3, 0.4) is 0 Å². The number of carbonyl (C=O) groups excluding carboxylic acids is 1. The van der Waals surface area contributed by atoms with E-state index in [-0.39, 0.29) is 13.1 Å². The Bertz CT molecular complexity index is 455. The minimum Gasteiger partial charge on any atom is -0.481 e. The van der Waals surface area contributed by atoms with Crippen LogP contribution in [0.25, 0.3) is 0 Å². The number of nitrogens with one attached hydrogen (secondary N) is 2. The molecule has 0 fully saturated rings. The molecule has 0 aliphatic heterocycles. The summed E-state index contributed by atoms with van der Waals surface area (Å²) in [6.45, 7) is 3.09. The smallest absolute Gasteiger partial charge is 0.315 e. The van der Waals surface area contributed by atoms with Gasteiger partial charge < -0.3 is 25.4 Å². The fourth-order valence-corrected chi connectivity index (χ4v) is 1.39. The van der Waals surface area contributed by atoms with Gasteiger partial charge >= 0.3 is 12.0 Å². The maximum absolute atomic E-state index is 11.4. The van der Waals surface area contributed by atoms with Gasteiger partial charge in [0.25, 0.3) is 0 Å². The van der Waals surface area contributed by atoms with Crippen LogP contribution in [-0.4, -0.2) is 39.5 Å². The Morgan fingerprint density at radius 3 is 2.68 bits per heavy atom. The number of carboxylic acids is 1. The summed E-state index contributed by atoms with van der Waals surface area (Å²) in [5, 5.41) is 26.8. The van der Waals surface area contributed by atoms with Crippen LogP contribution in [0.4, 0.5) is 4.79 Å². The number of hydrogen-bond donors (Lipinski definition) is 4. The lowest BCUT2D eigenvalue weighted by Crippen LogP contribution is -2.45. The molecule has 0 saturated carbocycles. The number of carbonyl (C=O) groups is 2. The molecular formula is C11H17N3O5. The molecule has 0 radical (unpaired) electrons. The molecule has 106 valence electrons. The van der Waals surface area contributed by atoms with E-state index in [1.807, 2.05) is 0 Å². The molecule has 0 aliphatic carbocycles. The Morgan fingerprint density at radius 2 is 2.16 bits per heavy atom. The Morgan fingerprint density at radius 1 is 1.47 bits per heavy atom. The van der Waals surface area contributed by atoms with Crippen molar-refractivity contribution in [2.75, 3.05) is 6.54 Å². The normalized spacial score (nSPS) is 13.6. The topological polar surface area (TPSA) is 125 Å². The van der Waals surface area contributed by atoms with E-state index in [0.29, 0.717) is 11.5 Å². The number of aliphatic carboxylic acids is 1. The Hall–Kier alpha value is -2.09. The van der Waals surface area contributed by atoms with Crippen LogP contribution in [-0.2, 0) is 11.3 Å². The second-order valence-electron chi connectivity index (χ2n) is 4.53. The first-order chi connectivity index (χ1) is 8.78. The van der Waals surface area contributed by atoms with E-state index in [9.17, 15) is 14.7 Å². The standard InChI is InChI=1S/C11H17N3O5/c1-7-3-8(14-19-7)5-12-10(17)13-6-11(2,18)4-9(15)16/h3,18H,4-6H2,1-2H3,(H,15,16)(H2,12,13,17). The largest absolute Gasteiger partial charge is 0.481 e. The highest BCUT2D eigenvalue weighted by molar-refractivity contribution is 5.74. The van der Waals surface area contributed by atoms with Crippen molar-refractivity contribution in [1.82, 2.24) is 15.8 Å². The molecule has 1 heterocycles. The molecule has 8 heteroatoms. The third-order valence-corrected chi connectivity index (χ3v) is 2.27. The fourth-order valence-electron chi connectivity index (χ4n) is 1.39. The molecule has 0 aromatic carbocycles. The number of aromatic nitrogens is 1. The molecule has 0 saturated heterocycles. The first-order valence-corrected chi connectivity index (χ1v) is 5.66. The molecule has 1 atom stereocenters. The van der Waals surface area contributed by atoms with Crippen molar-refractivity contribution in [2.24, 2.45) is 0 Å². The van der Waals surface area contributed by atoms with Gasteiger partial charge in [-0.25, -0.2) is 4.79 Å². The molecule has 0 bridgehead atoms. The van der Waals surface area contributed by atoms with Crippen LogP contribution >= 0.6 is 0 Å². The van der Waals surface area contributed by atoms with Crippen molar-refractivity contribution in [2.45, 2.75) is 32.4 Å². The van der Waals surface area contributed by atoms with E-state index in [4.69, 9.17) is 9.63 Å². The van der Waals surface area contributed by atoms with Gasteiger partial charge in [0.2, 0.25) is 0 Å². The zero-order valence-corrected chi connectivity index (χ0v) is 10.8. The third kappa shape index (κ3) is 5.87. The van der Waals surface area contributed by atoms with E-state index in [1.54, 1.807) is 13.0 Å². The van der Waals surface area contributed by atoms with Gasteiger partial charge in [0, 0.05) is 12.6 Å². The minimum atomic E-state index is -1.49. The molecule has 0 aliphatic rings. The van der Waals surface area contributed by atoms with E-state index in [2.05, 4.69) is 15.8 Å². The summed E-state index contributed by atoms with van der Waals surface area (Å²) < 4.78 is 4.83. The number of nitrogens with zero attached hydrogens (tertiary/aromatic N) is 1. The average Bonchev–Trinajstić information content (AvgIpc) is 2.68. The molecule has 1 unspecified atom stereocenters. The monoisotopic (exact) mass is 271 g/mol. The van der Waals surface area contributed by atoms with Gasteiger partial charge in [-0.05, 0) is 13.8 Å². The molecule has 1 aromatic heterocycles. The SMILES string of the molecule is Cc1cc(CNC(=O)NCC(C)(O)CC(=O)O)no1. The average molecular weight is 271 g/mol. The summed E-state index contributed by atoms with van der Waals surface area (Å²) in [6.07, 6.45) is -0.449. The number of aliphatic hydroxyl groups is 1. The maximum Gasteiger partial charge on any atom is 0.315 e. The van der Waals surface area contributed by atoms with Crippen LogP contribution < -0.4 is 10.6 Å². The van der Waals surface area contributed by atoms with Gasteiger partial charge in [-0.2, -0.15) is 0 Å². The van der Waals surface area contributed by atoms with E-state index < -0.39 is 24.0 Å². The van der Waals surface area contributed by atoms with Gasteiger partial charge in [0.1, 0.15) is 11.5 Å². The summed E-state index contributed by atoms with van der Waals surface area (Å²) in [6, 6.07) is 1.16. The lowest BCUT2D eigenvalue weighted by Gasteiger charge is -2.21. The van der Waals surface area contributed by atoms with Crippen molar-refractivity contribution >= 4 is 12.0 Å². The van der Waals surface area contributed by atoms with E-state index in [0.717, 1.165) is 0 Å². The lowest BCUT2D eigenvalue weighted by molar-refractivity contribution is -0.141. The Labute approximate surface area is 109 Å². The van der Waals surface area contributed by atoms with Crippen molar-refractivity contribution in [3.63, 3.8) is 0 Å². The number of rotatable bonds is 6. The second-order valence-corrected chi connectivity index (χ2v) is 4.53. The highest BCUT2D eigenvalue weighted by Crippen LogP contribution is 2.07. The van der Waals surface area contributed by atoms with Crippen LogP contribution in [0.15, 0.2) is 10.6 Å². The van der Waals surface area contributed by atoms with Crippen LogP contribution in [0.2, 0.25) is 0 Å². The predicted octanol–water partition coefficient (Wildman–Crippen LogP) is 0.00792. The fraction of sp³-hybridized carbons (Fsp3) is 0.545. The second kappa shape index (κ2) is 6.19. The van der Waals surface area contributed by atoms with Gasteiger partial charge in [-0.15, -0.1) is 0 Å². The predicted molar refractivity (Wildman–Crippen MR) is 64.4 cm³/mol. The number of aryl methyl sites for hydroxylation is 1. The van der Waals surface area contributed by atoms with Crippen molar-refractivity contribution in [3.05, 3.63) is 17.5 Å². The summed E-state index contributed by atoms with van der Waals surface area (Å²) in [7, 11) is 0. The highest BCUT2D eigenvalue weighted by atomic mass is 16.5. The number of hydrogen-bond acceptors (Lipinski definition) is 5. The summed E-state index contributed by atoms with van der Waals surface area (Å²) in [5.74, 6) is -0.494. The molecule has 4 N–H and O–H groups in total. The minimum absolute atomic E-state index is 0.164. The summed E-state index contributed by atoms with van der Waals surface area (Å²) in [5.41, 5.74) is -0.918.